The Morgan fingerprint density at radius 3 is 2.41 bits per heavy atom. The van der Waals surface area contributed by atoms with Crippen LogP contribution in [0.15, 0.2) is 40.2 Å². The van der Waals surface area contributed by atoms with Gasteiger partial charge >= 0.3 is 0 Å². The number of carbonyl (C=O) groups excluding carboxylic acids is 1. The van der Waals surface area contributed by atoms with Crippen LogP contribution in [-0.4, -0.2) is 98.3 Å². The van der Waals surface area contributed by atoms with Gasteiger partial charge in [-0.05, 0) is 84.1 Å². The van der Waals surface area contributed by atoms with Crippen molar-refractivity contribution in [1.29, 1.82) is 0 Å². The molecule has 0 bridgehead atoms. The summed E-state index contributed by atoms with van der Waals surface area (Å²) in [7, 11) is 3.31. The quantitative estimate of drug-likeness (QED) is 0.202. The smallest absolute Gasteiger partial charge is 0.254 e. The molecule has 3 unspecified atom stereocenters. The Labute approximate surface area is 304 Å². The van der Waals surface area contributed by atoms with E-state index < -0.39 is 5.79 Å². The molecule has 2 N–H and O–H groups in total. The number of aromatic nitrogens is 2. The molecule has 2 fully saturated rings. The normalized spacial score (nSPS) is 22.5. The summed E-state index contributed by atoms with van der Waals surface area (Å²) in [5.74, 6) is 0.906. The molecule has 13 heteroatoms. The minimum atomic E-state index is -0.930. The number of fused-ring (bicyclic) bond motifs is 1. The number of aryl methyl sites for hydroxylation is 1. The highest BCUT2D eigenvalue weighted by Gasteiger charge is 2.47. The predicted octanol–water partition coefficient (Wildman–Crippen LogP) is 5.14. The van der Waals surface area contributed by atoms with Crippen molar-refractivity contribution in [1.82, 2.24) is 20.2 Å². The number of hydrogen-bond acceptors (Lipinski definition) is 11. The number of nitrogens with zero attached hydrogens (tertiary/aromatic N) is 3. The van der Waals surface area contributed by atoms with Crippen LogP contribution in [0.25, 0.3) is 11.1 Å². The minimum Gasteiger partial charge on any atom is -0.448 e. The predicted molar refractivity (Wildman–Crippen MR) is 198 cm³/mol. The van der Waals surface area contributed by atoms with Crippen molar-refractivity contribution in [3.05, 3.63) is 63.2 Å². The van der Waals surface area contributed by atoms with Crippen molar-refractivity contribution in [3.63, 3.8) is 0 Å². The molecule has 276 valence electrons. The molecule has 2 aromatic heterocycles. The zero-order valence-corrected chi connectivity index (χ0v) is 31.8. The number of piperidine rings is 1. The van der Waals surface area contributed by atoms with Crippen LogP contribution in [0.5, 0.6) is 11.5 Å². The number of hydrogen-bond donors (Lipinski definition) is 2. The summed E-state index contributed by atoms with van der Waals surface area (Å²) in [4.78, 5) is 39.9. The lowest BCUT2D eigenvalue weighted by molar-refractivity contribution is -0.139. The number of morpholine rings is 1. The average molecular weight is 722 g/mol. The van der Waals surface area contributed by atoms with E-state index in [9.17, 15) is 9.59 Å². The van der Waals surface area contributed by atoms with Gasteiger partial charge < -0.3 is 38.9 Å². The molecule has 1 amide bonds. The topological polar surface area (TPSA) is 127 Å². The van der Waals surface area contributed by atoms with Gasteiger partial charge in [0.15, 0.2) is 17.8 Å². The molecule has 3 aliphatic rings. The molecular weight excluding hydrogens is 671 g/mol. The number of thioether (sulfide) groups is 1. The molecule has 3 atom stereocenters. The highest BCUT2D eigenvalue weighted by Crippen LogP contribution is 2.52. The number of pyridine rings is 2. The third kappa shape index (κ3) is 7.92. The van der Waals surface area contributed by atoms with Crippen LogP contribution in [0.2, 0.25) is 0 Å². The maximum Gasteiger partial charge on any atom is 0.254 e. The van der Waals surface area contributed by atoms with E-state index in [0.29, 0.717) is 34.7 Å². The van der Waals surface area contributed by atoms with Crippen LogP contribution >= 0.6 is 11.8 Å². The Kier molecular flexibility index (Phi) is 11.3. The molecule has 0 spiro atoms. The highest BCUT2D eigenvalue weighted by atomic mass is 32.2. The number of amides is 1. The van der Waals surface area contributed by atoms with Gasteiger partial charge in [0.2, 0.25) is 0 Å². The van der Waals surface area contributed by atoms with Gasteiger partial charge in [0.05, 0.1) is 12.2 Å². The van der Waals surface area contributed by atoms with Gasteiger partial charge in [0.25, 0.3) is 17.3 Å². The number of H-pyrrole nitrogens is 1. The Balaban J connectivity index is 1.30. The Morgan fingerprint density at radius 1 is 1.10 bits per heavy atom. The fraction of sp³-hybridized carbons (Fsp3) is 0.553. The first-order valence-corrected chi connectivity index (χ1v) is 18.9. The van der Waals surface area contributed by atoms with Crippen LogP contribution < -0.4 is 25.2 Å². The molecule has 1 aromatic carbocycles. The summed E-state index contributed by atoms with van der Waals surface area (Å²) in [6.45, 7) is 13.9. The third-order valence-corrected chi connectivity index (χ3v) is 11.1. The molecule has 51 heavy (non-hydrogen) atoms. The first kappa shape index (κ1) is 37.1. The summed E-state index contributed by atoms with van der Waals surface area (Å²) in [5, 5.41) is 3.01. The lowest BCUT2D eigenvalue weighted by atomic mass is 9.89. The number of nitrogens with one attached hydrogen (secondary N) is 2. The zero-order chi connectivity index (χ0) is 36.4. The van der Waals surface area contributed by atoms with Gasteiger partial charge in [0.1, 0.15) is 5.82 Å². The fourth-order valence-corrected chi connectivity index (χ4v) is 8.20. The molecule has 5 heterocycles. The Hall–Kier alpha value is -3.62. The van der Waals surface area contributed by atoms with Crippen LogP contribution in [0.4, 0.5) is 5.82 Å². The Bertz CT molecular complexity index is 1760. The maximum absolute atomic E-state index is 14.0. The molecule has 3 aliphatic heterocycles. The maximum atomic E-state index is 14.0. The van der Waals surface area contributed by atoms with Gasteiger partial charge in [0, 0.05) is 97.8 Å². The number of ether oxygens (including phenoxy) is 5. The number of anilines is 1. The van der Waals surface area contributed by atoms with E-state index >= 15 is 0 Å². The molecule has 2 saturated heterocycles. The van der Waals surface area contributed by atoms with Crippen molar-refractivity contribution in [3.8, 4) is 22.6 Å². The van der Waals surface area contributed by atoms with Crippen LogP contribution in [0, 0.1) is 19.8 Å². The van der Waals surface area contributed by atoms with E-state index in [1.54, 1.807) is 14.2 Å². The Morgan fingerprint density at radius 2 is 1.78 bits per heavy atom. The standard InChI is InChI=1S/C38H51N5O7S/c1-22-15-31(51-8)30(37(45)41-22)18-40-36(44)28-16-29(26-9-10-32(39-17-26)43-19-23(2)48-24(3)20-43)35-34(25(28)4)49-38(5,50-35)27-11-13-42(14-12-27)21-33(46-6)47-7/h9-10,15-17,23-24,27,33H,11-14,18-21H2,1-8H3,(H,40,44)(H,41,45). The van der Waals surface area contributed by atoms with E-state index in [4.69, 9.17) is 28.7 Å². The van der Waals surface area contributed by atoms with Crippen LogP contribution in [0.1, 0.15) is 60.8 Å². The number of likely N-dealkylation sites (tertiary alicyclic amines) is 1. The van der Waals surface area contributed by atoms with E-state index in [0.717, 1.165) is 66.6 Å². The summed E-state index contributed by atoms with van der Waals surface area (Å²) in [6.07, 6.45) is 5.42. The summed E-state index contributed by atoms with van der Waals surface area (Å²) >= 11 is 1.48. The SMILES string of the molecule is COC(CN1CCC(C2(C)Oc3c(-c4ccc(N5CC(C)OC(C)C5)nc4)cc(C(=O)NCc4c(SC)cc(C)[nH]c4=O)c(C)c3O2)CC1)OC. The van der Waals surface area contributed by atoms with Gasteiger partial charge in [-0.15, -0.1) is 11.8 Å². The third-order valence-electron chi connectivity index (χ3n) is 10.3. The average Bonchev–Trinajstić information content (AvgIpc) is 3.49. The van der Waals surface area contributed by atoms with Gasteiger partial charge in [-0.1, -0.05) is 0 Å². The molecule has 12 nitrogen and oxygen atoms in total. The molecular formula is C38H51N5O7S. The summed E-state index contributed by atoms with van der Waals surface area (Å²) < 4.78 is 30.4. The van der Waals surface area contributed by atoms with Crippen LogP contribution in [-0.2, 0) is 20.8 Å². The van der Waals surface area contributed by atoms with E-state index in [2.05, 4.69) is 33.9 Å². The highest BCUT2D eigenvalue weighted by molar-refractivity contribution is 7.98. The summed E-state index contributed by atoms with van der Waals surface area (Å²) in [6, 6.07) is 7.82. The number of aromatic amines is 1. The van der Waals surface area contributed by atoms with Crippen molar-refractivity contribution in [2.24, 2.45) is 5.92 Å². The lowest BCUT2D eigenvalue weighted by Crippen LogP contribution is -2.49. The van der Waals surface area contributed by atoms with E-state index in [1.807, 2.05) is 57.5 Å². The van der Waals surface area contributed by atoms with Crippen LogP contribution in [0.3, 0.4) is 0 Å². The van der Waals surface area contributed by atoms with E-state index in [-0.39, 0.29) is 42.4 Å². The second kappa shape index (κ2) is 15.5. The zero-order valence-electron chi connectivity index (χ0n) is 31.0. The lowest BCUT2D eigenvalue weighted by Gasteiger charge is -2.39. The number of rotatable bonds is 11. The van der Waals surface area contributed by atoms with Gasteiger partial charge in [-0.25, -0.2) is 4.98 Å². The fourth-order valence-electron chi connectivity index (χ4n) is 7.49. The van der Waals surface area contributed by atoms with Crippen molar-refractivity contribution in [2.75, 3.05) is 58.1 Å². The molecule has 0 radical (unpaired) electrons. The summed E-state index contributed by atoms with van der Waals surface area (Å²) in [5.41, 5.74) is 3.75. The number of benzene rings is 1. The minimum absolute atomic E-state index is 0.0871. The number of methoxy groups -OCH3 is 2. The number of carbonyl (C=O) groups is 1. The van der Waals surface area contributed by atoms with E-state index in [1.165, 1.54) is 11.8 Å². The van der Waals surface area contributed by atoms with Gasteiger partial charge in [-0.3, -0.25) is 14.5 Å². The van der Waals surface area contributed by atoms with Crippen molar-refractivity contribution in [2.45, 2.75) is 83.2 Å². The second-order valence-electron chi connectivity index (χ2n) is 14.0. The largest absolute Gasteiger partial charge is 0.448 e. The first-order chi connectivity index (χ1) is 24.4. The molecule has 0 aliphatic carbocycles. The van der Waals surface area contributed by atoms with Crippen molar-refractivity contribution >= 4 is 23.5 Å². The second-order valence-corrected chi connectivity index (χ2v) is 14.9. The monoisotopic (exact) mass is 721 g/mol. The van der Waals surface area contributed by atoms with Crippen molar-refractivity contribution < 1.29 is 28.5 Å². The van der Waals surface area contributed by atoms with Gasteiger partial charge in [-0.2, -0.15) is 0 Å². The first-order valence-electron chi connectivity index (χ1n) is 17.7. The molecule has 0 saturated carbocycles. The molecule has 6 rings (SSSR count). The molecule has 3 aromatic rings.